The number of nitrogens with zero attached hydrogens (tertiary/aromatic N) is 6. The topological polar surface area (TPSA) is 119 Å². The largest absolute Gasteiger partial charge is 0.452 e. The van der Waals surface area contributed by atoms with Gasteiger partial charge in [-0.1, -0.05) is 37.6 Å². The molecular formula is C27H27N7O3S. The van der Waals surface area contributed by atoms with Crippen LogP contribution in [0, 0.1) is 0 Å². The number of H-pyrrole nitrogens is 1. The summed E-state index contributed by atoms with van der Waals surface area (Å²) in [5.41, 5.74) is 4.99. The maximum absolute atomic E-state index is 13.7. The van der Waals surface area contributed by atoms with E-state index in [0.29, 0.717) is 35.4 Å². The van der Waals surface area contributed by atoms with Crippen LogP contribution in [0.25, 0.3) is 33.4 Å². The molecular weight excluding hydrogens is 502 g/mol. The highest BCUT2D eigenvalue weighted by Crippen LogP contribution is 2.33. The van der Waals surface area contributed by atoms with Crippen molar-refractivity contribution in [2.24, 2.45) is 0 Å². The lowest BCUT2D eigenvalue weighted by Gasteiger charge is -2.17. The molecule has 0 radical (unpaired) electrons. The molecule has 0 saturated heterocycles. The molecule has 0 fully saturated rings. The van der Waals surface area contributed by atoms with Crippen LogP contribution in [0.15, 0.2) is 58.0 Å². The molecule has 3 aromatic heterocycles. The summed E-state index contributed by atoms with van der Waals surface area (Å²) in [4.78, 5) is 31.9. The van der Waals surface area contributed by atoms with Crippen molar-refractivity contribution in [3.8, 4) is 22.5 Å². The Hall–Kier alpha value is -4.38. The van der Waals surface area contributed by atoms with Crippen molar-refractivity contribution < 1.29 is 9.53 Å². The predicted octanol–water partition coefficient (Wildman–Crippen LogP) is 4.90. The van der Waals surface area contributed by atoms with Crippen molar-refractivity contribution >= 4 is 34.0 Å². The number of benzene rings is 2. The molecule has 10 nitrogen and oxygen atoms in total. The molecule has 3 heterocycles. The molecule has 1 amide bonds. The number of tetrazole rings is 1. The molecule has 194 valence electrons. The number of ether oxygens (including phenoxy) is 1. The first kappa shape index (κ1) is 25.3. The highest BCUT2D eigenvalue weighted by molar-refractivity contribution is 7.08. The fourth-order valence-electron chi connectivity index (χ4n) is 4.34. The third-order valence-electron chi connectivity index (χ3n) is 6.46. The van der Waals surface area contributed by atoms with E-state index in [1.165, 1.54) is 12.0 Å². The van der Waals surface area contributed by atoms with Crippen LogP contribution in [0.4, 0.5) is 10.5 Å². The number of methoxy groups -OCH3 is 1. The van der Waals surface area contributed by atoms with Crippen molar-refractivity contribution in [1.82, 2.24) is 30.2 Å². The average Bonchev–Trinajstić information content (AvgIpc) is 3.65. The molecule has 0 bridgehead atoms. The number of fused-ring (bicyclic) bond motifs is 1. The van der Waals surface area contributed by atoms with Gasteiger partial charge in [0.1, 0.15) is 5.82 Å². The molecule has 2 aromatic carbocycles. The van der Waals surface area contributed by atoms with Gasteiger partial charge < -0.3 is 4.74 Å². The molecule has 0 atom stereocenters. The highest BCUT2D eigenvalue weighted by atomic mass is 32.1. The summed E-state index contributed by atoms with van der Waals surface area (Å²) in [5.74, 6) is 1.30. The van der Waals surface area contributed by atoms with E-state index in [-0.39, 0.29) is 5.56 Å². The van der Waals surface area contributed by atoms with Crippen LogP contribution < -0.4 is 10.5 Å². The Kier molecular flexibility index (Phi) is 7.27. The van der Waals surface area contributed by atoms with E-state index in [9.17, 15) is 9.59 Å². The fraction of sp³-hybridized carbons (Fsp3) is 0.259. The van der Waals surface area contributed by atoms with Gasteiger partial charge in [-0.2, -0.15) is 16.6 Å². The summed E-state index contributed by atoms with van der Waals surface area (Å²) >= 11 is 1.58. The van der Waals surface area contributed by atoms with Crippen LogP contribution in [-0.4, -0.2) is 50.4 Å². The molecule has 38 heavy (non-hydrogen) atoms. The maximum atomic E-state index is 13.7. The number of thiophene rings is 1. The number of nitrogens with one attached hydrogen (secondary N) is 1. The first-order valence-electron chi connectivity index (χ1n) is 12.2. The SMILES string of the molecule is CCCCc1nc2ccc(N(C)C(=O)OC)cc2c(=O)n1Cc1ccc(-c2cscc2-c2nn[nH]n2)cc1. The normalized spacial score (nSPS) is 11.1. The van der Waals surface area contributed by atoms with Gasteiger partial charge in [0.2, 0.25) is 5.82 Å². The zero-order chi connectivity index (χ0) is 26.6. The molecule has 0 unspecified atom stereocenters. The number of amides is 1. The zero-order valence-corrected chi connectivity index (χ0v) is 22.2. The summed E-state index contributed by atoms with van der Waals surface area (Å²) in [6.45, 7) is 2.50. The number of carbonyl (C=O) groups excluding carboxylic acids is 1. The highest BCUT2D eigenvalue weighted by Gasteiger charge is 2.17. The van der Waals surface area contributed by atoms with E-state index in [4.69, 9.17) is 9.72 Å². The van der Waals surface area contributed by atoms with Crippen molar-refractivity contribution in [3.63, 3.8) is 0 Å². The van der Waals surface area contributed by atoms with Crippen molar-refractivity contribution in [1.29, 1.82) is 0 Å². The lowest BCUT2D eigenvalue weighted by molar-refractivity contribution is 0.180. The van der Waals surface area contributed by atoms with Crippen LogP contribution in [-0.2, 0) is 17.7 Å². The van der Waals surface area contributed by atoms with Crippen LogP contribution in [0.1, 0.15) is 31.2 Å². The first-order valence-corrected chi connectivity index (χ1v) is 13.2. The van der Waals surface area contributed by atoms with Gasteiger partial charge in [-0.05, 0) is 46.3 Å². The molecule has 0 saturated carbocycles. The summed E-state index contributed by atoms with van der Waals surface area (Å²) in [6, 6.07) is 13.4. The Morgan fingerprint density at radius 2 is 1.92 bits per heavy atom. The number of hydrogen-bond donors (Lipinski definition) is 1. The van der Waals surface area contributed by atoms with Gasteiger partial charge in [0.05, 0.1) is 24.6 Å². The minimum absolute atomic E-state index is 0.137. The van der Waals surface area contributed by atoms with Gasteiger partial charge in [0.15, 0.2) is 0 Å². The molecule has 0 aliphatic rings. The van der Waals surface area contributed by atoms with Gasteiger partial charge in [-0.3, -0.25) is 14.3 Å². The number of aryl methyl sites for hydroxylation is 1. The molecule has 5 aromatic rings. The van der Waals surface area contributed by atoms with Gasteiger partial charge in [-0.25, -0.2) is 9.78 Å². The first-order chi connectivity index (χ1) is 18.5. The molecule has 0 aliphatic heterocycles. The Morgan fingerprint density at radius 1 is 1.13 bits per heavy atom. The van der Waals surface area contributed by atoms with Gasteiger partial charge in [-0.15, -0.1) is 10.2 Å². The molecule has 0 aliphatic carbocycles. The standard InChI is InChI=1S/C27H27N7O3S/c1-4-5-6-24-28-23-12-11-19(33(2)27(36)37-3)13-20(23)26(35)34(24)14-17-7-9-18(10-8-17)21-15-38-16-22(21)25-29-31-32-30-25/h7-13,15-16H,4-6,14H2,1-3H3,(H,29,30,31,32). The van der Waals surface area contributed by atoms with Crippen LogP contribution in [0.2, 0.25) is 0 Å². The quantitative estimate of drug-likeness (QED) is 0.304. The Morgan fingerprint density at radius 3 is 2.63 bits per heavy atom. The lowest BCUT2D eigenvalue weighted by Crippen LogP contribution is -2.28. The van der Waals surface area contributed by atoms with E-state index < -0.39 is 6.09 Å². The number of anilines is 1. The Balaban J connectivity index is 1.50. The van der Waals surface area contributed by atoms with E-state index in [1.807, 2.05) is 29.6 Å². The number of rotatable bonds is 8. The summed E-state index contributed by atoms with van der Waals surface area (Å²) in [5, 5.41) is 18.9. The molecule has 5 rings (SSSR count). The minimum Gasteiger partial charge on any atom is -0.452 e. The van der Waals surface area contributed by atoms with Gasteiger partial charge in [0, 0.05) is 35.7 Å². The van der Waals surface area contributed by atoms with E-state index >= 15 is 0 Å². The summed E-state index contributed by atoms with van der Waals surface area (Å²) in [6.07, 6.45) is 2.11. The van der Waals surface area contributed by atoms with Crippen molar-refractivity contribution in [2.45, 2.75) is 32.7 Å². The number of carbonyl (C=O) groups is 1. The van der Waals surface area contributed by atoms with Crippen LogP contribution in [0.5, 0.6) is 0 Å². The van der Waals surface area contributed by atoms with E-state index in [2.05, 4.69) is 32.9 Å². The van der Waals surface area contributed by atoms with E-state index in [0.717, 1.165) is 40.9 Å². The summed E-state index contributed by atoms with van der Waals surface area (Å²) in [7, 11) is 2.93. The third-order valence-corrected chi connectivity index (χ3v) is 7.20. The second kappa shape index (κ2) is 10.9. The Bertz CT molecular complexity index is 1630. The smallest absolute Gasteiger partial charge is 0.413 e. The number of aromatic nitrogens is 6. The van der Waals surface area contributed by atoms with Crippen LogP contribution in [0.3, 0.4) is 0 Å². The number of hydrogen-bond acceptors (Lipinski definition) is 8. The molecule has 1 N–H and O–H groups in total. The third kappa shape index (κ3) is 4.92. The monoisotopic (exact) mass is 529 g/mol. The van der Waals surface area contributed by atoms with Crippen molar-refractivity contribution in [3.05, 3.63) is 75.0 Å². The fourth-order valence-corrected chi connectivity index (χ4v) is 5.17. The lowest BCUT2D eigenvalue weighted by atomic mass is 10.0. The van der Waals surface area contributed by atoms with Gasteiger partial charge >= 0.3 is 6.09 Å². The molecule has 11 heteroatoms. The molecule has 0 spiro atoms. The summed E-state index contributed by atoms with van der Waals surface area (Å²) < 4.78 is 6.56. The zero-order valence-electron chi connectivity index (χ0n) is 21.3. The van der Waals surface area contributed by atoms with Crippen molar-refractivity contribution in [2.75, 3.05) is 19.1 Å². The second-order valence-corrected chi connectivity index (χ2v) is 9.63. The Labute approximate surface area is 222 Å². The number of unbranched alkanes of at least 4 members (excludes halogenated alkanes) is 1. The predicted molar refractivity (Wildman–Crippen MR) is 147 cm³/mol. The average molecular weight is 530 g/mol. The number of aromatic amines is 1. The van der Waals surface area contributed by atoms with Gasteiger partial charge in [0.25, 0.3) is 5.56 Å². The van der Waals surface area contributed by atoms with E-state index in [1.54, 1.807) is 41.2 Å². The minimum atomic E-state index is -0.509. The maximum Gasteiger partial charge on any atom is 0.413 e. The second-order valence-electron chi connectivity index (χ2n) is 8.88. The van der Waals surface area contributed by atoms with Crippen LogP contribution >= 0.6 is 11.3 Å².